The quantitative estimate of drug-likeness (QED) is 0.729. The standard InChI is InChI=1S/C6H7ClNO3P.2ClH/c7-5-1-3-6(4-2-5)8-12(9,10)11;;/h1-4H,(H3,8,9,10,11);2*1H. The zero-order valence-electron chi connectivity index (χ0n) is 6.75. The molecule has 0 aliphatic heterocycles. The topological polar surface area (TPSA) is 69.6 Å². The zero-order chi connectivity index (χ0) is 9.19. The Hall–Kier alpha value is 0.0400. The van der Waals surface area contributed by atoms with Crippen LogP contribution in [0.5, 0.6) is 0 Å². The van der Waals surface area contributed by atoms with Crippen molar-refractivity contribution in [3.05, 3.63) is 29.3 Å². The first-order valence-electron chi connectivity index (χ1n) is 3.07. The van der Waals surface area contributed by atoms with Crippen LogP contribution in [-0.2, 0) is 4.57 Å². The van der Waals surface area contributed by atoms with Gasteiger partial charge in [-0.1, -0.05) is 11.6 Å². The highest BCUT2D eigenvalue weighted by Crippen LogP contribution is 2.35. The van der Waals surface area contributed by atoms with Gasteiger partial charge in [-0.25, -0.2) is 4.57 Å². The lowest BCUT2D eigenvalue weighted by molar-refractivity contribution is 0.380. The second kappa shape index (κ2) is 6.51. The number of anilines is 1. The Labute approximate surface area is 98.7 Å². The summed E-state index contributed by atoms with van der Waals surface area (Å²) in [4.78, 5) is 17.0. The van der Waals surface area contributed by atoms with Crippen molar-refractivity contribution in [2.75, 3.05) is 5.09 Å². The molecule has 8 heteroatoms. The Morgan fingerprint density at radius 3 is 1.93 bits per heavy atom. The highest BCUT2D eigenvalue weighted by atomic mass is 35.5. The number of hydrogen-bond donors (Lipinski definition) is 3. The van der Waals surface area contributed by atoms with Crippen LogP contribution < -0.4 is 5.09 Å². The average Bonchev–Trinajstić information content (AvgIpc) is 1.91. The van der Waals surface area contributed by atoms with E-state index in [0.717, 1.165) is 0 Å². The Balaban J connectivity index is 0. The highest BCUT2D eigenvalue weighted by Gasteiger charge is 2.11. The van der Waals surface area contributed by atoms with Gasteiger partial charge in [0.25, 0.3) is 0 Å². The highest BCUT2D eigenvalue weighted by molar-refractivity contribution is 7.53. The molecule has 0 fully saturated rings. The molecule has 0 unspecified atom stereocenters. The average molecular weight is 280 g/mol. The molecule has 1 aromatic rings. The number of rotatable bonds is 2. The van der Waals surface area contributed by atoms with E-state index in [1.807, 2.05) is 5.09 Å². The molecule has 0 aliphatic carbocycles. The molecular weight excluding hydrogens is 271 g/mol. The van der Waals surface area contributed by atoms with Gasteiger partial charge in [0.2, 0.25) is 0 Å². The largest absolute Gasteiger partial charge is 0.427 e. The molecular formula is C6H9Cl3NO3P. The van der Waals surface area contributed by atoms with Gasteiger partial charge < -0.3 is 9.79 Å². The minimum Gasteiger partial charge on any atom is -0.308 e. The van der Waals surface area contributed by atoms with Crippen molar-refractivity contribution >= 4 is 49.8 Å². The summed E-state index contributed by atoms with van der Waals surface area (Å²) in [5.74, 6) is 0. The van der Waals surface area contributed by atoms with Crippen LogP contribution in [0.15, 0.2) is 24.3 Å². The maximum Gasteiger partial charge on any atom is 0.427 e. The molecule has 0 bridgehead atoms. The SMILES string of the molecule is Cl.Cl.O=P(O)(O)Nc1ccc(Cl)cc1. The molecule has 0 aromatic heterocycles. The lowest BCUT2D eigenvalue weighted by Gasteiger charge is -2.06. The van der Waals surface area contributed by atoms with E-state index in [-0.39, 0.29) is 24.8 Å². The van der Waals surface area contributed by atoms with Gasteiger partial charge in [-0.2, -0.15) is 0 Å². The van der Waals surface area contributed by atoms with Gasteiger partial charge in [0.15, 0.2) is 0 Å². The van der Waals surface area contributed by atoms with E-state index in [1.54, 1.807) is 12.1 Å². The molecule has 1 aromatic carbocycles. The van der Waals surface area contributed by atoms with E-state index in [9.17, 15) is 4.57 Å². The smallest absolute Gasteiger partial charge is 0.308 e. The van der Waals surface area contributed by atoms with E-state index in [4.69, 9.17) is 21.4 Å². The van der Waals surface area contributed by atoms with Crippen LogP contribution in [-0.4, -0.2) is 9.79 Å². The second-order valence-electron chi connectivity index (χ2n) is 2.16. The summed E-state index contributed by atoms with van der Waals surface area (Å²) in [6.07, 6.45) is 0. The van der Waals surface area contributed by atoms with E-state index in [2.05, 4.69) is 0 Å². The Bertz CT molecular complexity index is 313. The first-order chi connectivity index (χ1) is 5.47. The third-order valence-electron chi connectivity index (χ3n) is 1.12. The van der Waals surface area contributed by atoms with E-state index in [1.165, 1.54) is 12.1 Å². The summed E-state index contributed by atoms with van der Waals surface area (Å²) in [5.41, 5.74) is 0.340. The molecule has 1 rings (SSSR count). The molecule has 0 saturated carbocycles. The van der Waals surface area contributed by atoms with Crippen LogP contribution in [0.2, 0.25) is 5.02 Å². The summed E-state index contributed by atoms with van der Waals surface area (Å²) in [7, 11) is -4.20. The molecule has 0 atom stereocenters. The second-order valence-corrected chi connectivity index (χ2v) is 3.91. The van der Waals surface area contributed by atoms with Crippen molar-refractivity contribution in [3.8, 4) is 0 Å². The first kappa shape index (κ1) is 16.5. The van der Waals surface area contributed by atoms with Crippen molar-refractivity contribution in [2.45, 2.75) is 0 Å². The third-order valence-corrected chi connectivity index (χ3v) is 1.92. The molecule has 0 spiro atoms. The first-order valence-corrected chi connectivity index (χ1v) is 5.06. The fourth-order valence-electron chi connectivity index (χ4n) is 0.693. The molecule has 0 saturated heterocycles. The summed E-state index contributed by atoms with van der Waals surface area (Å²) < 4.78 is 10.4. The molecule has 82 valence electrons. The number of nitrogens with one attached hydrogen (secondary N) is 1. The van der Waals surface area contributed by atoms with Gasteiger partial charge in [-0.3, -0.25) is 5.09 Å². The Morgan fingerprint density at radius 1 is 1.14 bits per heavy atom. The van der Waals surface area contributed by atoms with Gasteiger partial charge in [0.05, 0.1) is 0 Å². The van der Waals surface area contributed by atoms with Gasteiger partial charge in [-0.15, -0.1) is 24.8 Å². The van der Waals surface area contributed by atoms with E-state index in [0.29, 0.717) is 10.7 Å². The normalized spacial score (nSPS) is 9.64. The summed E-state index contributed by atoms with van der Waals surface area (Å²) in [6.45, 7) is 0. The van der Waals surface area contributed by atoms with Crippen molar-refractivity contribution in [2.24, 2.45) is 0 Å². The van der Waals surface area contributed by atoms with E-state index >= 15 is 0 Å². The van der Waals surface area contributed by atoms with Gasteiger partial charge in [-0.05, 0) is 24.3 Å². The van der Waals surface area contributed by atoms with Crippen molar-refractivity contribution in [1.82, 2.24) is 0 Å². The maximum atomic E-state index is 10.4. The fourth-order valence-corrected chi connectivity index (χ4v) is 1.30. The molecule has 0 heterocycles. The van der Waals surface area contributed by atoms with Crippen LogP contribution in [0, 0.1) is 0 Å². The molecule has 14 heavy (non-hydrogen) atoms. The lowest BCUT2D eigenvalue weighted by Crippen LogP contribution is -1.93. The summed E-state index contributed by atoms with van der Waals surface area (Å²) in [5, 5.41) is 2.54. The zero-order valence-corrected chi connectivity index (χ0v) is 10.0. The van der Waals surface area contributed by atoms with Crippen LogP contribution in [0.4, 0.5) is 5.69 Å². The lowest BCUT2D eigenvalue weighted by atomic mass is 10.3. The van der Waals surface area contributed by atoms with E-state index < -0.39 is 7.75 Å². The fraction of sp³-hybridized carbons (Fsp3) is 0. The Kier molecular flexibility index (Phi) is 7.66. The maximum absolute atomic E-state index is 10.4. The van der Waals surface area contributed by atoms with Gasteiger partial charge in [0, 0.05) is 10.7 Å². The predicted molar refractivity (Wildman–Crippen MR) is 61.6 cm³/mol. The molecule has 4 nitrogen and oxygen atoms in total. The number of halogens is 3. The minimum atomic E-state index is -4.20. The molecule has 0 aliphatic rings. The third kappa shape index (κ3) is 6.49. The Morgan fingerprint density at radius 2 is 1.57 bits per heavy atom. The molecule has 3 N–H and O–H groups in total. The molecule has 0 amide bonds. The minimum absolute atomic E-state index is 0. The number of benzene rings is 1. The molecule has 0 radical (unpaired) electrons. The van der Waals surface area contributed by atoms with Crippen LogP contribution in [0.25, 0.3) is 0 Å². The van der Waals surface area contributed by atoms with Crippen molar-refractivity contribution in [3.63, 3.8) is 0 Å². The summed E-state index contributed by atoms with van der Waals surface area (Å²) >= 11 is 5.56. The van der Waals surface area contributed by atoms with Crippen LogP contribution >= 0.6 is 44.2 Å². The van der Waals surface area contributed by atoms with Crippen molar-refractivity contribution < 1.29 is 14.4 Å². The van der Waals surface area contributed by atoms with Crippen LogP contribution in [0.1, 0.15) is 0 Å². The monoisotopic (exact) mass is 279 g/mol. The number of hydrogen-bond acceptors (Lipinski definition) is 1. The summed E-state index contributed by atoms with van der Waals surface area (Å²) in [6, 6.07) is 6.06. The van der Waals surface area contributed by atoms with Gasteiger partial charge >= 0.3 is 7.75 Å². The van der Waals surface area contributed by atoms with Gasteiger partial charge in [0.1, 0.15) is 0 Å². The van der Waals surface area contributed by atoms with Crippen LogP contribution in [0.3, 0.4) is 0 Å². The van der Waals surface area contributed by atoms with Crippen molar-refractivity contribution in [1.29, 1.82) is 0 Å². The predicted octanol–water partition coefficient (Wildman–Crippen LogP) is 2.69.